The van der Waals surface area contributed by atoms with Crippen LogP contribution in [0.1, 0.15) is 33.6 Å². The summed E-state index contributed by atoms with van der Waals surface area (Å²) >= 11 is 0. The van der Waals surface area contributed by atoms with E-state index in [1.165, 1.54) is 0 Å². The lowest BCUT2D eigenvalue weighted by atomic mass is 9.72. The van der Waals surface area contributed by atoms with Crippen LogP contribution in [0.25, 0.3) is 0 Å². The lowest BCUT2D eigenvalue weighted by Crippen LogP contribution is -2.47. The Labute approximate surface area is 68.6 Å². The smallest absolute Gasteiger partial charge is 0.0739 e. The van der Waals surface area contributed by atoms with Crippen molar-refractivity contribution in [3.05, 3.63) is 0 Å². The number of hydrogen-bond acceptors (Lipinski definition) is 2. The van der Waals surface area contributed by atoms with E-state index in [2.05, 4.69) is 20.8 Å². The molecule has 0 aromatic carbocycles. The van der Waals surface area contributed by atoms with Gasteiger partial charge in [-0.25, -0.2) is 0 Å². The highest BCUT2D eigenvalue weighted by atomic mass is 16.5. The van der Waals surface area contributed by atoms with E-state index in [9.17, 15) is 5.11 Å². The molecular formula is C9H18O2. The third-order valence-corrected chi connectivity index (χ3v) is 2.72. The maximum Gasteiger partial charge on any atom is 0.0739 e. The first kappa shape index (κ1) is 9.01. The highest BCUT2D eigenvalue weighted by Gasteiger charge is 2.40. The lowest BCUT2D eigenvalue weighted by Gasteiger charge is -2.42. The van der Waals surface area contributed by atoms with Crippen LogP contribution in [0.3, 0.4) is 0 Å². The second-order valence-electron chi connectivity index (χ2n) is 4.39. The molecule has 0 aliphatic carbocycles. The van der Waals surface area contributed by atoms with Gasteiger partial charge in [0.25, 0.3) is 0 Å². The molecule has 2 heteroatoms. The monoisotopic (exact) mass is 158 g/mol. The van der Waals surface area contributed by atoms with E-state index in [4.69, 9.17) is 4.74 Å². The molecule has 1 rings (SSSR count). The number of rotatable bonds is 0. The molecule has 0 atom stereocenters. The molecule has 66 valence electrons. The fourth-order valence-electron chi connectivity index (χ4n) is 1.46. The molecule has 2 nitrogen and oxygen atoms in total. The van der Waals surface area contributed by atoms with Crippen molar-refractivity contribution in [3.63, 3.8) is 0 Å². The molecule has 1 heterocycles. The van der Waals surface area contributed by atoms with E-state index in [1.807, 2.05) is 0 Å². The molecule has 0 unspecified atom stereocenters. The highest BCUT2D eigenvalue weighted by Crippen LogP contribution is 2.37. The Bertz CT molecular complexity index is 129. The summed E-state index contributed by atoms with van der Waals surface area (Å²) in [5, 5.41) is 10.1. The van der Waals surface area contributed by atoms with Crippen LogP contribution >= 0.6 is 0 Å². The molecule has 0 radical (unpaired) electrons. The van der Waals surface area contributed by atoms with Crippen molar-refractivity contribution in [2.75, 3.05) is 13.2 Å². The topological polar surface area (TPSA) is 29.5 Å². The molecule has 1 aliphatic heterocycles. The summed E-state index contributed by atoms with van der Waals surface area (Å²) < 4.78 is 5.20. The standard InChI is InChI=1S/C9H18O2/c1-8(2,3)9(10)4-6-11-7-5-9/h10H,4-7H2,1-3H3. The maximum atomic E-state index is 10.1. The minimum atomic E-state index is -0.509. The minimum absolute atomic E-state index is 0.0171. The molecule has 1 saturated heterocycles. The maximum absolute atomic E-state index is 10.1. The molecule has 0 amide bonds. The zero-order valence-corrected chi connectivity index (χ0v) is 7.68. The van der Waals surface area contributed by atoms with Gasteiger partial charge in [0.15, 0.2) is 0 Å². The van der Waals surface area contributed by atoms with Crippen molar-refractivity contribution in [1.82, 2.24) is 0 Å². The molecule has 0 spiro atoms. The second kappa shape index (κ2) is 2.76. The first-order valence-electron chi connectivity index (χ1n) is 4.26. The quantitative estimate of drug-likeness (QED) is 0.580. The summed E-state index contributed by atoms with van der Waals surface area (Å²) in [7, 11) is 0. The predicted octanol–water partition coefficient (Wildman–Crippen LogP) is 1.57. The SMILES string of the molecule is CC(C)(C)C1(O)CCOCC1. The predicted molar refractivity (Wildman–Crippen MR) is 44.5 cm³/mol. The Hall–Kier alpha value is -0.0800. The normalized spacial score (nSPS) is 25.1. The van der Waals surface area contributed by atoms with Gasteiger partial charge in [-0.05, 0) is 5.41 Å². The molecule has 0 aromatic rings. The summed E-state index contributed by atoms with van der Waals surface area (Å²) in [6.45, 7) is 7.65. The van der Waals surface area contributed by atoms with E-state index in [0.717, 1.165) is 12.8 Å². The van der Waals surface area contributed by atoms with Crippen molar-refractivity contribution in [1.29, 1.82) is 0 Å². The van der Waals surface area contributed by atoms with Gasteiger partial charge >= 0.3 is 0 Å². The molecule has 0 saturated carbocycles. The van der Waals surface area contributed by atoms with Crippen LogP contribution in [0.4, 0.5) is 0 Å². The minimum Gasteiger partial charge on any atom is -0.389 e. The zero-order chi connectivity index (χ0) is 8.54. The van der Waals surface area contributed by atoms with Gasteiger partial charge in [0, 0.05) is 26.1 Å². The van der Waals surface area contributed by atoms with Crippen LogP contribution in [0, 0.1) is 5.41 Å². The fourth-order valence-corrected chi connectivity index (χ4v) is 1.46. The Kier molecular flexibility index (Phi) is 2.26. The zero-order valence-electron chi connectivity index (χ0n) is 7.68. The van der Waals surface area contributed by atoms with Crippen molar-refractivity contribution in [2.24, 2.45) is 5.41 Å². The van der Waals surface area contributed by atoms with Gasteiger partial charge in [-0.1, -0.05) is 20.8 Å². The summed E-state index contributed by atoms with van der Waals surface area (Å²) in [6, 6.07) is 0. The highest BCUT2D eigenvalue weighted by molar-refractivity contribution is 4.91. The third kappa shape index (κ3) is 1.74. The van der Waals surface area contributed by atoms with E-state index in [-0.39, 0.29) is 5.41 Å². The second-order valence-corrected chi connectivity index (χ2v) is 4.39. The number of aliphatic hydroxyl groups is 1. The molecule has 0 aromatic heterocycles. The van der Waals surface area contributed by atoms with Gasteiger partial charge in [-0.15, -0.1) is 0 Å². The number of hydrogen-bond donors (Lipinski definition) is 1. The lowest BCUT2D eigenvalue weighted by molar-refractivity contribution is -0.126. The van der Waals surface area contributed by atoms with Gasteiger partial charge in [-0.2, -0.15) is 0 Å². The van der Waals surface area contributed by atoms with Crippen LogP contribution in [0.15, 0.2) is 0 Å². The fraction of sp³-hybridized carbons (Fsp3) is 1.00. The van der Waals surface area contributed by atoms with Crippen molar-refractivity contribution >= 4 is 0 Å². The summed E-state index contributed by atoms with van der Waals surface area (Å²) in [6.07, 6.45) is 1.55. The summed E-state index contributed by atoms with van der Waals surface area (Å²) in [5.41, 5.74) is -0.526. The van der Waals surface area contributed by atoms with Crippen LogP contribution in [-0.2, 0) is 4.74 Å². The molecule has 1 aliphatic rings. The molecular weight excluding hydrogens is 140 g/mol. The van der Waals surface area contributed by atoms with Gasteiger partial charge < -0.3 is 9.84 Å². The first-order chi connectivity index (χ1) is 4.96. The van der Waals surface area contributed by atoms with Gasteiger partial charge in [0.05, 0.1) is 5.60 Å². The van der Waals surface area contributed by atoms with Crippen molar-refractivity contribution in [2.45, 2.75) is 39.2 Å². The van der Waals surface area contributed by atoms with E-state index < -0.39 is 5.60 Å². The van der Waals surface area contributed by atoms with Crippen LogP contribution in [0.2, 0.25) is 0 Å². The van der Waals surface area contributed by atoms with E-state index in [0.29, 0.717) is 13.2 Å². The largest absolute Gasteiger partial charge is 0.389 e. The summed E-state index contributed by atoms with van der Waals surface area (Å²) in [5.74, 6) is 0. The number of ether oxygens (including phenoxy) is 1. The molecule has 11 heavy (non-hydrogen) atoms. The van der Waals surface area contributed by atoms with Crippen LogP contribution in [-0.4, -0.2) is 23.9 Å². The Morgan fingerprint density at radius 1 is 1.18 bits per heavy atom. The molecule has 0 bridgehead atoms. The Morgan fingerprint density at radius 2 is 1.64 bits per heavy atom. The van der Waals surface area contributed by atoms with E-state index in [1.54, 1.807) is 0 Å². The third-order valence-electron chi connectivity index (χ3n) is 2.72. The van der Waals surface area contributed by atoms with Gasteiger partial charge in [-0.3, -0.25) is 0 Å². The average Bonchev–Trinajstić information content (AvgIpc) is 1.87. The van der Waals surface area contributed by atoms with Crippen molar-refractivity contribution in [3.8, 4) is 0 Å². The van der Waals surface area contributed by atoms with E-state index >= 15 is 0 Å². The molecule has 1 fully saturated rings. The van der Waals surface area contributed by atoms with Crippen LogP contribution < -0.4 is 0 Å². The van der Waals surface area contributed by atoms with Crippen molar-refractivity contribution < 1.29 is 9.84 Å². The Morgan fingerprint density at radius 3 is 1.91 bits per heavy atom. The summed E-state index contributed by atoms with van der Waals surface area (Å²) in [4.78, 5) is 0. The van der Waals surface area contributed by atoms with Gasteiger partial charge in [0.2, 0.25) is 0 Å². The first-order valence-corrected chi connectivity index (χ1v) is 4.26. The van der Waals surface area contributed by atoms with Crippen LogP contribution in [0.5, 0.6) is 0 Å². The Balaban J connectivity index is 2.64. The van der Waals surface area contributed by atoms with Gasteiger partial charge in [0.1, 0.15) is 0 Å². The average molecular weight is 158 g/mol. The molecule has 1 N–H and O–H groups in total.